The van der Waals surface area contributed by atoms with E-state index in [9.17, 15) is 9.18 Å². The Morgan fingerprint density at radius 1 is 1.64 bits per heavy atom. The van der Waals surface area contributed by atoms with Crippen molar-refractivity contribution in [3.63, 3.8) is 0 Å². The van der Waals surface area contributed by atoms with Gasteiger partial charge in [-0.15, -0.1) is 0 Å². The quantitative estimate of drug-likeness (QED) is 0.538. The third kappa shape index (κ3) is 2.77. The topological polar surface area (TPSA) is 68.0 Å². The summed E-state index contributed by atoms with van der Waals surface area (Å²) in [5.41, 5.74) is 5.21. The van der Waals surface area contributed by atoms with Crippen molar-refractivity contribution in [3.8, 4) is 0 Å². The molecular weight excluding hydrogens is 185 g/mol. The highest BCUT2D eigenvalue weighted by Gasteiger charge is 2.10. The van der Waals surface area contributed by atoms with Gasteiger partial charge in [0.15, 0.2) is 0 Å². The third-order valence-electron chi connectivity index (χ3n) is 1.67. The van der Waals surface area contributed by atoms with Gasteiger partial charge in [-0.3, -0.25) is 4.79 Å². The van der Waals surface area contributed by atoms with Crippen LogP contribution < -0.4 is 11.1 Å². The van der Waals surface area contributed by atoms with Crippen molar-refractivity contribution < 1.29 is 9.18 Å². The fourth-order valence-electron chi connectivity index (χ4n) is 0.955. The summed E-state index contributed by atoms with van der Waals surface area (Å²) in [7, 11) is 0. The van der Waals surface area contributed by atoms with Crippen LogP contribution in [0.1, 0.15) is 16.8 Å². The number of pyridine rings is 1. The van der Waals surface area contributed by atoms with Gasteiger partial charge in [0.25, 0.3) is 5.91 Å². The van der Waals surface area contributed by atoms with E-state index in [1.807, 2.05) is 0 Å². The van der Waals surface area contributed by atoms with Crippen molar-refractivity contribution in [2.75, 3.05) is 13.1 Å². The molecule has 0 bridgehead atoms. The van der Waals surface area contributed by atoms with E-state index in [-0.39, 0.29) is 5.56 Å². The predicted molar refractivity (Wildman–Crippen MR) is 50.2 cm³/mol. The third-order valence-corrected chi connectivity index (χ3v) is 1.67. The molecule has 0 aliphatic carbocycles. The second-order valence-corrected chi connectivity index (χ2v) is 2.74. The molecule has 0 saturated carbocycles. The van der Waals surface area contributed by atoms with Crippen LogP contribution in [0.3, 0.4) is 0 Å². The molecule has 1 rings (SSSR count). The Labute approximate surface area is 81.3 Å². The molecule has 1 heterocycles. The molecule has 3 N–H and O–H groups in total. The summed E-state index contributed by atoms with van der Waals surface area (Å²) >= 11 is 0. The van der Waals surface area contributed by atoms with Crippen LogP contribution in [0.15, 0.2) is 18.3 Å². The number of aromatic nitrogens is 1. The van der Waals surface area contributed by atoms with Gasteiger partial charge in [-0.05, 0) is 25.1 Å². The number of hydrogen-bond acceptors (Lipinski definition) is 3. The van der Waals surface area contributed by atoms with Crippen LogP contribution in [0, 0.1) is 5.95 Å². The fraction of sp³-hybridized carbons (Fsp3) is 0.333. The first-order valence-electron chi connectivity index (χ1n) is 4.34. The first-order chi connectivity index (χ1) is 6.75. The predicted octanol–water partition coefficient (Wildman–Crippen LogP) is 0.299. The molecule has 1 aromatic rings. The van der Waals surface area contributed by atoms with E-state index in [1.54, 1.807) is 0 Å². The zero-order chi connectivity index (χ0) is 10.4. The molecule has 76 valence electrons. The van der Waals surface area contributed by atoms with Crippen LogP contribution in [0.4, 0.5) is 4.39 Å². The highest BCUT2D eigenvalue weighted by atomic mass is 19.1. The largest absolute Gasteiger partial charge is 0.352 e. The van der Waals surface area contributed by atoms with E-state index in [0.29, 0.717) is 19.5 Å². The summed E-state index contributed by atoms with van der Waals surface area (Å²) in [6, 6.07) is 2.90. The SMILES string of the molecule is NCCCNC(=O)c1cccnc1F. The molecule has 1 aromatic heterocycles. The molecule has 0 atom stereocenters. The molecule has 0 saturated heterocycles. The smallest absolute Gasteiger partial charge is 0.255 e. The van der Waals surface area contributed by atoms with Gasteiger partial charge in [-0.2, -0.15) is 4.39 Å². The highest BCUT2D eigenvalue weighted by Crippen LogP contribution is 2.02. The van der Waals surface area contributed by atoms with Crippen molar-refractivity contribution in [2.24, 2.45) is 5.73 Å². The Morgan fingerprint density at radius 2 is 2.43 bits per heavy atom. The molecule has 14 heavy (non-hydrogen) atoms. The summed E-state index contributed by atoms with van der Waals surface area (Å²) in [5, 5.41) is 2.54. The number of amides is 1. The van der Waals surface area contributed by atoms with Crippen LogP contribution in [0.5, 0.6) is 0 Å². The van der Waals surface area contributed by atoms with Gasteiger partial charge in [0.1, 0.15) is 0 Å². The molecular formula is C9H12FN3O. The number of nitrogens with one attached hydrogen (secondary N) is 1. The molecule has 0 aliphatic heterocycles. The van der Waals surface area contributed by atoms with E-state index in [4.69, 9.17) is 5.73 Å². The summed E-state index contributed by atoms with van der Waals surface area (Å²) in [6.45, 7) is 0.944. The van der Waals surface area contributed by atoms with Gasteiger partial charge in [0, 0.05) is 12.7 Å². The molecule has 0 spiro atoms. The number of hydrogen-bond donors (Lipinski definition) is 2. The summed E-state index contributed by atoms with van der Waals surface area (Å²) in [5.74, 6) is -1.21. The standard InChI is InChI=1S/C9H12FN3O/c10-8-7(3-1-5-12-8)9(14)13-6-2-4-11/h1,3,5H,2,4,6,11H2,(H,13,14). The summed E-state index contributed by atoms with van der Waals surface area (Å²) in [6.07, 6.45) is 1.97. The van der Waals surface area contributed by atoms with Crippen molar-refractivity contribution in [1.29, 1.82) is 0 Å². The van der Waals surface area contributed by atoms with Gasteiger partial charge in [0.05, 0.1) is 5.56 Å². The van der Waals surface area contributed by atoms with E-state index >= 15 is 0 Å². The molecule has 5 heteroatoms. The molecule has 0 aromatic carbocycles. The van der Waals surface area contributed by atoms with Crippen LogP contribution in [0.25, 0.3) is 0 Å². The van der Waals surface area contributed by atoms with E-state index in [1.165, 1.54) is 18.3 Å². The Hall–Kier alpha value is -1.49. The second kappa shape index (κ2) is 5.29. The van der Waals surface area contributed by atoms with E-state index < -0.39 is 11.9 Å². The lowest BCUT2D eigenvalue weighted by atomic mass is 10.2. The minimum Gasteiger partial charge on any atom is -0.352 e. The number of carbonyl (C=O) groups excluding carboxylic acids is 1. The van der Waals surface area contributed by atoms with Crippen LogP contribution in [-0.4, -0.2) is 24.0 Å². The summed E-state index contributed by atoms with van der Waals surface area (Å²) < 4.78 is 13.0. The molecule has 0 radical (unpaired) electrons. The van der Waals surface area contributed by atoms with Gasteiger partial charge in [-0.1, -0.05) is 0 Å². The fourth-order valence-corrected chi connectivity index (χ4v) is 0.955. The molecule has 1 amide bonds. The van der Waals surface area contributed by atoms with Gasteiger partial charge >= 0.3 is 0 Å². The number of nitrogens with two attached hydrogens (primary N) is 1. The van der Waals surface area contributed by atoms with Crippen LogP contribution in [0.2, 0.25) is 0 Å². The van der Waals surface area contributed by atoms with Crippen molar-refractivity contribution in [1.82, 2.24) is 10.3 Å². The Morgan fingerprint density at radius 3 is 3.07 bits per heavy atom. The average Bonchev–Trinajstić information content (AvgIpc) is 2.18. The first-order valence-corrected chi connectivity index (χ1v) is 4.34. The maximum atomic E-state index is 13.0. The first kappa shape index (κ1) is 10.6. The normalized spacial score (nSPS) is 9.86. The number of carbonyl (C=O) groups is 1. The Kier molecular flexibility index (Phi) is 4.00. The minimum atomic E-state index is -0.752. The van der Waals surface area contributed by atoms with Gasteiger partial charge < -0.3 is 11.1 Å². The Bertz CT molecular complexity index is 317. The Balaban J connectivity index is 2.56. The lowest BCUT2D eigenvalue weighted by molar-refractivity contribution is 0.0948. The number of rotatable bonds is 4. The molecule has 0 fully saturated rings. The second-order valence-electron chi connectivity index (χ2n) is 2.74. The lowest BCUT2D eigenvalue weighted by Gasteiger charge is -2.03. The average molecular weight is 197 g/mol. The number of nitrogens with zero attached hydrogens (tertiary/aromatic N) is 1. The zero-order valence-corrected chi connectivity index (χ0v) is 7.66. The van der Waals surface area contributed by atoms with E-state index in [2.05, 4.69) is 10.3 Å². The number of halogens is 1. The van der Waals surface area contributed by atoms with Gasteiger partial charge in [0.2, 0.25) is 5.95 Å². The van der Waals surface area contributed by atoms with Crippen molar-refractivity contribution in [2.45, 2.75) is 6.42 Å². The monoisotopic (exact) mass is 197 g/mol. The van der Waals surface area contributed by atoms with Crippen molar-refractivity contribution >= 4 is 5.91 Å². The van der Waals surface area contributed by atoms with Crippen molar-refractivity contribution in [3.05, 3.63) is 29.8 Å². The maximum Gasteiger partial charge on any atom is 0.255 e. The minimum absolute atomic E-state index is 0.0375. The van der Waals surface area contributed by atoms with Crippen LogP contribution >= 0.6 is 0 Å². The van der Waals surface area contributed by atoms with Crippen LogP contribution in [-0.2, 0) is 0 Å². The molecule has 4 nitrogen and oxygen atoms in total. The van der Waals surface area contributed by atoms with Gasteiger partial charge in [-0.25, -0.2) is 4.98 Å². The molecule has 0 aliphatic rings. The summed E-state index contributed by atoms with van der Waals surface area (Å²) in [4.78, 5) is 14.7. The zero-order valence-electron chi connectivity index (χ0n) is 7.66. The highest BCUT2D eigenvalue weighted by molar-refractivity contribution is 5.94. The van der Waals surface area contributed by atoms with E-state index in [0.717, 1.165) is 0 Å². The maximum absolute atomic E-state index is 13.0. The molecule has 0 unspecified atom stereocenters. The lowest BCUT2D eigenvalue weighted by Crippen LogP contribution is -2.26.